The number of benzene rings is 2. The van der Waals surface area contributed by atoms with Gasteiger partial charge in [0.1, 0.15) is 4.90 Å². The van der Waals surface area contributed by atoms with Gasteiger partial charge in [-0.2, -0.15) is 16.8 Å². The summed E-state index contributed by atoms with van der Waals surface area (Å²) in [6.07, 6.45) is 19.3. The molecule has 0 saturated heterocycles. The zero-order chi connectivity index (χ0) is 29.7. The highest BCUT2D eigenvalue weighted by atomic mass is 32.2. The highest BCUT2D eigenvalue weighted by molar-refractivity contribution is 7.86. The first-order chi connectivity index (χ1) is 19.6. The fourth-order valence-corrected chi connectivity index (χ4v) is 6.82. The van der Waals surface area contributed by atoms with E-state index in [4.69, 9.17) is 0 Å². The van der Waals surface area contributed by atoms with Gasteiger partial charge in [-0.25, -0.2) is 4.98 Å². The highest BCUT2D eigenvalue weighted by Crippen LogP contribution is 2.30. The Balaban J connectivity index is 1.55. The molecule has 0 amide bonds. The first-order valence-electron chi connectivity index (χ1n) is 15.1. The lowest BCUT2D eigenvalue weighted by molar-refractivity contribution is 0.465. The predicted octanol–water partition coefficient (Wildman–Crippen LogP) is 7.99. The molecule has 2 N–H and O–H groups in total. The van der Waals surface area contributed by atoms with Crippen molar-refractivity contribution in [2.75, 3.05) is 0 Å². The molecule has 228 valence electrons. The third-order valence-corrected chi connectivity index (χ3v) is 9.23. The molecule has 3 rings (SSSR count). The van der Waals surface area contributed by atoms with Gasteiger partial charge in [-0.1, -0.05) is 127 Å². The van der Waals surface area contributed by atoms with E-state index in [2.05, 4.69) is 11.9 Å². The van der Waals surface area contributed by atoms with Crippen LogP contribution in [0.5, 0.6) is 0 Å². The van der Waals surface area contributed by atoms with Crippen LogP contribution in [0.2, 0.25) is 0 Å². The largest absolute Gasteiger partial charge is 0.328 e. The average molecular weight is 607 g/mol. The van der Waals surface area contributed by atoms with E-state index >= 15 is 0 Å². The van der Waals surface area contributed by atoms with E-state index in [0.717, 1.165) is 23.8 Å². The summed E-state index contributed by atoms with van der Waals surface area (Å²) in [6, 6.07) is 11.9. The normalized spacial score (nSPS) is 12.4. The van der Waals surface area contributed by atoms with Crippen LogP contribution in [0, 0.1) is 0 Å². The van der Waals surface area contributed by atoms with Gasteiger partial charge in [0, 0.05) is 0 Å². The minimum absolute atomic E-state index is 0.0482. The summed E-state index contributed by atoms with van der Waals surface area (Å²) < 4.78 is 70.1. The van der Waals surface area contributed by atoms with Gasteiger partial charge in [0.15, 0.2) is 0 Å². The standard InChI is InChI=1S/C31H46N2O6S2/c1-2-3-4-5-6-7-8-9-10-11-12-13-14-15-17-22-27-23-28-30(29(24-27)40(34,35)36)33(31(32-28)41(37,38)39)25-26-20-18-16-19-21-26/h16,18-21,23-24H,2-15,17,22,25H2,1H3,(H,34,35,36)(H,37,38,39). The Kier molecular flexibility index (Phi) is 13.3. The number of hydrogen-bond acceptors (Lipinski definition) is 5. The zero-order valence-corrected chi connectivity index (χ0v) is 25.9. The van der Waals surface area contributed by atoms with E-state index in [9.17, 15) is 25.9 Å². The third-order valence-electron chi connectivity index (χ3n) is 7.59. The molecule has 0 aliphatic rings. The van der Waals surface area contributed by atoms with Crippen molar-refractivity contribution < 1.29 is 25.9 Å². The lowest BCUT2D eigenvalue weighted by atomic mass is 10.0. The van der Waals surface area contributed by atoms with E-state index in [-0.39, 0.29) is 17.6 Å². The maximum atomic E-state index is 12.4. The maximum Gasteiger partial charge on any atom is 0.328 e. The second-order valence-electron chi connectivity index (χ2n) is 11.1. The van der Waals surface area contributed by atoms with Crippen molar-refractivity contribution in [2.24, 2.45) is 0 Å². The van der Waals surface area contributed by atoms with Gasteiger partial charge in [-0.05, 0) is 36.1 Å². The van der Waals surface area contributed by atoms with Crippen molar-refractivity contribution in [1.29, 1.82) is 0 Å². The van der Waals surface area contributed by atoms with E-state index in [1.54, 1.807) is 36.4 Å². The minimum atomic E-state index is -4.76. The fourth-order valence-electron chi connectivity index (χ4n) is 5.42. The van der Waals surface area contributed by atoms with Crippen LogP contribution < -0.4 is 0 Å². The number of hydrogen-bond donors (Lipinski definition) is 2. The van der Waals surface area contributed by atoms with Crippen molar-refractivity contribution in [1.82, 2.24) is 9.55 Å². The number of nitrogens with zero attached hydrogens (tertiary/aromatic N) is 2. The Morgan fingerprint density at radius 3 is 1.66 bits per heavy atom. The number of unbranched alkanes of at least 4 members (excludes halogenated alkanes) is 14. The average Bonchev–Trinajstić information content (AvgIpc) is 3.29. The van der Waals surface area contributed by atoms with Gasteiger partial charge in [0.2, 0.25) is 0 Å². The van der Waals surface area contributed by atoms with Crippen LogP contribution in [0.15, 0.2) is 52.5 Å². The topological polar surface area (TPSA) is 127 Å². The van der Waals surface area contributed by atoms with Crippen molar-refractivity contribution in [3.8, 4) is 0 Å². The number of aromatic nitrogens is 2. The Morgan fingerprint density at radius 1 is 0.659 bits per heavy atom. The molecule has 0 aliphatic carbocycles. The minimum Gasteiger partial charge on any atom is -0.307 e. The van der Waals surface area contributed by atoms with Crippen LogP contribution in [0.1, 0.15) is 114 Å². The molecular formula is C31H46N2O6S2. The zero-order valence-electron chi connectivity index (χ0n) is 24.3. The molecule has 10 heteroatoms. The van der Waals surface area contributed by atoms with Gasteiger partial charge < -0.3 is 4.57 Å². The van der Waals surface area contributed by atoms with Crippen LogP contribution in [0.3, 0.4) is 0 Å². The molecule has 0 fully saturated rings. The molecule has 41 heavy (non-hydrogen) atoms. The van der Waals surface area contributed by atoms with Gasteiger partial charge in [-0.15, -0.1) is 0 Å². The molecule has 0 aliphatic heterocycles. The molecule has 0 radical (unpaired) electrons. The van der Waals surface area contributed by atoms with Gasteiger partial charge in [-0.3, -0.25) is 9.11 Å². The lowest BCUT2D eigenvalue weighted by Crippen LogP contribution is -2.12. The maximum absolute atomic E-state index is 12.4. The van der Waals surface area contributed by atoms with Gasteiger partial charge >= 0.3 is 10.1 Å². The van der Waals surface area contributed by atoms with E-state index in [1.165, 1.54) is 83.1 Å². The summed E-state index contributed by atoms with van der Waals surface area (Å²) in [5, 5.41) is -0.662. The lowest BCUT2D eigenvalue weighted by Gasteiger charge is -2.11. The first-order valence-corrected chi connectivity index (χ1v) is 18.0. The number of imidazole rings is 1. The first kappa shape index (κ1) is 33.2. The molecule has 2 aromatic carbocycles. The van der Waals surface area contributed by atoms with Crippen molar-refractivity contribution in [2.45, 2.75) is 126 Å². The van der Waals surface area contributed by atoms with Crippen molar-refractivity contribution >= 4 is 31.3 Å². The Hall–Kier alpha value is -2.27. The summed E-state index contributed by atoms with van der Waals surface area (Å²) in [7, 11) is -9.45. The highest BCUT2D eigenvalue weighted by Gasteiger charge is 2.27. The summed E-state index contributed by atoms with van der Waals surface area (Å²) in [6.45, 7) is 2.20. The second kappa shape index (κ2) is 16.4. The van der Waals surface area contributed by atoms with Crippen LogP contribution in [-0.2, 0) is 33.2 Å². The summed E-state index contributed by atoms with van der Waals surface area (Å²) in [4.78, 5) is 3.67. The molecule has 1 heterocycles. The third kappa shape index (κ3) is 10.8. The van der Waals surface area contributed by atoms with Crippen LogP contribution >= 0.6 is 0 Å². The summed E-state index contributed by atoms with van der Waals surface area (Å²) in [5.41, 5.74) is 1.37. The summed E-state index contributed by atoms with van der Waals surface area (Å²) in [5.74, 6) is 0. The van der Waals surface area contributed by atoms with Crippen LogP contribution in [-0.4, -0.2) is 35.5 Å². The molecule has 0 saturated carbocycles. The molecule has 0 bridgehead atoms. The molecule has 3 aromatic rings. The van der Waals surface area contributed by atoms with Crippen molar-refractivity contribution in [3.05, 3.63) is 53.6 Å². The SMILES string of the molecule is CCCCCCCCCCCCCCCCCc1cc(S(=O)(=O)O)c2c(c1)nc(S(=O)(=O)O)n2Cc1ccccc1. The molecule has 1 aromatic heterocycles. The van der Waals surface area contributed by atoms with E-state index < -0.39 is 30.3 Å². The van der Waals surface area contributed by atoms with Gasteiger partial charge in [0.05, 0.1) is 17.6 Å². The second-order valence-corrected chi connectivity index (χ2v) is 13.8. The molecule has 0 unspecified atom stereocenters. The van der Waals surface area contributed by atoms with E-state index in [0.29, 0.717) is 17.5 Å². The Bertz CT molecular complexity index is 1430. The molecule has 8 nitrogen and oxygen atoms in total. The smallest absolute Gasteiger partial charge is 0.307 e. The van der Waals surface area contributed by atoms with Crippen LogP contribution in [0.25, 0.3) is 11.0 Å². The molecule has 0 atom stereocenters. The van der Waals surface area contributed by atoms with E-state index in [1.807, 2.05) is 0 Å². The number of fused-ring (bicyclic) bond motifs is 1. The predicted molar refractivity (Wildman–Crippen MR) is 164 cm³/mol. The van der Waals surface area contributed by atoms with Crippen molar-refractivity contribution in [3.63, 3.8) is 0 Å². The number of rotatable bonds is 20. The quantitative estimate of drug-likeness (QED) is 0.0985. The molecule has 0 spiro atoms. The van der Waals surface area contributed by atoms with Crippen LogP contribution in [0.4, 0.5) is 0 Å². The molecular weight excluding hydrogens is 560 g/mol. The Morgan fingerprint density at radius 2 is 1.17 bits per heavy atom. The fraction of sp³-hybridized carbons (Fsp3) is 0.581. The monoisotopic (exact) mass is 606 g/mol. The number of aryl methyl sites for hydroxylation is 1. The Labute approximate surface area is 246 Å². The summed E-state index contributed by atoms with van der Waals surface area (Å²) >= 11 is 0. The van der Waals surface area contributed by atoms with Gasteiger partial charge in [0.25, 0.3) is 15.3 Å².